The van der Waals surface area contributed by atoms with E-state index in [1.807, 2.05) is 30.3 Å². The third kappa shape index (κ3) is 4.62. The lowest BCUT2D eigenvalue weighted by molar-refractivity contribution is -0.274. The average Bonchev–Trinajstić information content (AvgIpc) is 2.92. The van der Waals surface area contributed by atoms with Gasteiger partial charge in [0, 0.05) is 5.56 Å². The first-order chi connectivity index (χ1) is 17.4. The highest BCUT2D eigenvalue weighted by Gasteiger charge is 2.53. The molecule has 2 aliphatic rings. The summed E-state index contributed by atoms with van der Waals surface area (Å²) in [7, 11) is -1.11. The smallest absolute Gasteiger partial charge is 0.262 e. The number of rotatable bonds is 6. The van der Waals surface area contributed by atoms with E-state index >= 15 is 0 Å². The minimum Gasteiger partial charge on any atom is -0.497 e. The molecule has 5 nitrogen and oxygen atoms in total. The third-order valence-corrected chi connectivity index (χ3v) is 12.1. The molecular formula is C30H34O5Si. The van der Waals surface area contributed by atoms with Crippen LogP contribution in [-0.2, 0) is 18.6 Å². The minimum absolute atomic E-state index is 0.141. The lowest BCUT2D eigenvalue weighted by atomic mass is 10.0. The molecule has 3 aromatic rings. The van der Waals surface area contributed by atoms with E-state index in [9.17, 15) is 0 Å². The molecule has 36 heavy (non-hydrogen) atoms. The van der Waals surface area contributed by atoms with E-state index in [0.717, 1.165) is 11.3 Å². The molecule has 4 atom stereocenters. The first-order valence-corrected chi connectivity index (χ1v) is 14.4. The minimum atomic E-state index is -2.77. The molecule has 0 unspecified atom stereocenters. The molecule has 1 saturated heterocycles. The van der Waals surface area contributed by atoms with Gasteiger partial charge < -0.3 is 23.4 Å². The maximum absolute atomic E-state index is 7.38. The van der Waals surface area contributed by atoms with Crippen LogP contribution in [0.25, 0.3) is 0 Å². The third-order valence-electron chi connectivity index (χ3n) is 7.02. The van der Waals surface area contributed by atoms with Crippen LogP contribution in [0.1, 0.15) is 32.6 Å². The van der Waals surface area contributed by atoms with Crippen molar-refractivity contribution >= 4 is 18.7 Å². The van der Waals surface area contributed by atoms with Gasteiger partial charge in [0.15, 0.2) is 12.4 Å². The van der Waals surface area contributed by atoms with Crippen LogP contribution >= 0.6 is 0 Å². The van der Waals surface area contributed by atoms with Crippen LogP contribution in [0, 0.1) is 0 Å². The average molecular weight is 503 g/mol. The van der Waals surface area contributed by atoms with Crippen molar-refractivity contribution in [3.63, 3.8) is 0 Å². The summed E-state index contributed by atoms with van der Waals surface area (Å²) in [5, 5.41) is 2.33. The highest BCUT2D eigenvalue weighted by Crippen LogP contribution is 2.40. The highest BCUT2D eigenvalue weighted by molar-refractivity contribution is 6.99. The van der Waals surface area contributed by atoms with Crippen molar-refractivity contribution in [2.24, 2.45) is 0 Å². The Morgan fingerprint density at radius 2 is 1.44 bits per heavy atom. The summed E-state index contributed by atoms with van der Waals surface area (Å²) in [4.78, 5) is 0. The van der Waals surface area contributed by atoms with Gasteiger partial charge >= 0.3 is 0 Å². The quantitative estimate of drug-likeness (QED) is 0.446. The molecular weight excluding hydrogens is 468 g/mol. The lowest BCUT2D eigenvalue weighted by Gasteiger charge is -2.48. The highest BCUT2D eigenvalue weighted by atomic mass is 28.4. The Balaban J connectivity index is 1.52. The van der Waals surface area contributed by atoms with Crippen LogP contribution in [0.4, 0.5) is 0 Å². The van der Waals surface area contributed by atoms with Crippen molar-refractivity contribution in [2.45, 2.75) is 50.4 Å². The molecule has 0 spiro atoms. The molecule has 0 amide bonds. The van der Waals surface area contributed by atoms with Crippen LogP contribution < -0.4 is 15.1 Å². The molecule has 3 aromatic carbocycles. The fourth-order valence-electron chi connectivity index (χ4n) is 5.22. The molecule has 2 heterocycles. The van der Waals surface area contributed by atoms with Crippen molar-refractivity contribution in [1.29, 1.82) is 0 Å². The van der Waals surface area contributed by atoms with E-state index in [0.29, 0.717) is 6.61 Å². The van der Waals surface area contributed by atoms with E-state index in [-0.39, 0.29) is 23.4 Å². The maximum Gasteiger partial charge on any atom is 0.262 e. The number of benzene rings is 3. The van der Waals surface area contributed by atoms with Crippen molar-refractivity contribution in [3.8, 4) is 5.75 Å². The zero-order valence-electron chi connectivity index (χ0n) is 21.3. The largest absolute Gasteiger partial charge is 0.497 e. The fourth-order valence-corrected chi connectivity index (χ4v) is 9.86. The van der Waals surface area contributed by atoms with Gasteiger partial charge in [-0.2, -0.15) is 0 Å². The standard InChI is InChI=1S/C30H34O5Si/c1-30(2,3)36(24-11-7-5-8-12-24,25-13-9-6-10-14-25)35-26-19-20-32-27-21-33-29(34-28(26)27)22-15-17-23(31-4)18-16-22/h5-20,26-29H,21H2,1-4H3/t26-,27-,28+,29-/m1/s1. The first-order valence-electron chi connectivity index (χ1n) is 12.4. The number of hydrogen-bond donors (Lipinski definition) is 0. The van der Waals surface area contributed by atoms with Crippen molar-refractivity contribution in [2.75, 3.05) is 13.7 Å². The monoisotopic (exact) mass is 502 g/mol. The van der Waals surface area contributed by atoms with Gasteiger partial charge in [0.05, 0.1) is 26.1 Å². The fraction of sp³-hybridized carbons (Fsp3) is 0.333. The summed E-state index contributed by atoms with van der Waals surface area (Å²) in [5.74, 6) is 0.796. The topological polar surface area (TPSA) is 46.2 Å². The zero-order valence-corrected chi connectivity index (χ0v) is 22.3. The Hall–Kier alpha value is -2.90. The summed E-state index contributed by atoms with van der Waals surface area (Å²) in [5.41, 5.74) is 0.938. The van der Waals surface area contributed by atoms with E-state index in [1.165, 1.54) is 10.4 Å². The van der Waals surface area contributed by atoms with E-state index < -0.39 is 14.6 Å². The second-order valence-corrected chi connectivity index (χ2v) is 14.5. The van der Waals surface area contributed by atoms with Gasteiger partial charge in [-0.3, -0.25) is 0 Å². The van der Waals surface area contributed by atoms with Gasteiger partial charge in [-0.1, -0.05) is 93.6 Å². The molecule has 0 aromatic heterocycles. The molecule has 0 bridgehead atoms. The molecule has 0 radical (unpaired) electrons. The summed E-state index contributed by atoms with van der Waals surface area (Å²) < 4.78 is 31.2. The van der Waals surface area contributed by atoms with Crippen LogP contribution in [0.3, 0.4) is 0 Å². The van der Waals surface area contributed by atoms with E-state index in [4.69, 9.17) is 23.4 Å². The van der Waals surface area contributed by atoms with Gasteiger partial charge in [0.2, 0.25) is 0 Å². The van der Waals surface area contributed by atoms with Crippen LogP contribution in [0.5, 0.6) is 5.75 Å². The molecule has 0 saturated carbocycles. The van der Waals surface area contributed by atoms with Gasteiger partial charge in [-0.05, 0) is 33.6 Å². The van der Waals surface area contributed by atoms with E-state index in [2.05, 4.69) is 81.4 Å². The predicted octanol–water partition coefficient (Wildman–Crippen LogP) is 4.97. The molecule has 2 aliphatic heterocycles. The lowest BCUT2D eigenvalue weighted by Crippen LogP contribution is -2.69. The van der Waals surface area contributed by atoms with Gasteiger partial charge in [0.1, 0.15) is 11.9 Å². The van der Waals surface area contributed by atoms with E-state index in [1.54, 1.807) is 13.4 Å². The Bertz CT molecular complexity index is 1120. The second kappa shape index (κ2) is 10.2. The maximum atomic E-state index is 7.38. The number of fused-ring (bicyclic) bond motifs is 1. The molecule has 0 N–H and O–H groups in total. The van der Waals surface area contributed by atoms with Crippen LogP contribution in [0.15, 0.2) is 97.3 Å². The SMILES string of the molecule is COc1ccc([C@@H]2OC[C@H]3OC=C[C@@H](O[Si](c4ccccc4)(c4ccccc4)C(C)(C)C)[C@@H]3O2)cc1. The van der Waals surface area contributed by atoms with Crippen LogP contribution in [-0.4, -0.2) is 40.3 Å². The normalized spacial score (nSPS) is 24.0. The Morgan fingerprint density at radius 1 is 0.833 bits per heavy atom. The van der Waals surface area contributed by atoms with Crippen molar-refractivity contribution < 1.29 is 23.4 Å². The van der Waals surface area contributed by atoms with Crippen molar-refractivity contribution in [3.05, 3.63) is 103 Å². The Kier molecular flexibility index (Phi) is 7.04. The summed E-state index contributed by atoms with van der Waals surface area (Å²) in [6, 6.07) is 29.1. The second-order valence-electron chi connectivity index (χ2n) is 10.3. The van der Waals surface area contributed by atoms with Gasteiger partial charge in [-0.15, -0.1) is 0 Å². The van der Waals surface area contributed by atoms with Gasteiger partial charge in [-0.25, -0.2) is 0 Å². The summed E-state index contributed by atoms with van der Waals surface area (Å²) in [6.07, 6.45) is 2.39. The Morgan fingerprint density at radius 3 is 2.00 bits per heavy atom. The number of hydrogen-bond acceptors (Lipinski definition) is 5. The molecule has 6 heteroatoms. The number of methoxy groups -OCH3 is 1. The summed E-state index contributed by atoms with van der Waals surface area (Å²) in [6.45, 7) is 7.27. The Labute approximate surface area is 214 Å². The molecule has 1 fully saturated rings. The molecule has 0 aliphatic carbocycles. The molecule has 188 valence electrons. The van der Waals surface area contributed by atoms with Crippen molar-refractivity contribution in [1.82, 2.24) is 0 Å². The number of ether oxygens (including phenoxy) is 4. The van der Waals surface area contributed by atoms with Gasteiger partial charge in [0.25, 0.3) is 8.32 Å². The first kappa shape index (κ1) is 24.8. The zero-order chi connectivity index (χ0) is 25.2. The molecule has 5 rings (SSSR count). The summed E-state index contributed by atoms with van der Waals surface area (Å²) >= 11 is 0. The van der Waals surface area contributed by atoms with Crippen LogP contribution in [0.2, 0.25) is 5.04 Å². The predicted molar refractivity (Wildman–Crippen MR) is 143 cm³/mol.